The van der Waals surface area contributed by atoms with Gasteiger partial charge in [0.1, 0.15) is 6.61 Å². The van der Waals surface area contributed by atoms with Gasteiger partial charge in [0.05, 0.1) is 35.1 Å². The SMILES string of the molecule is Cc1nc(-c2ccccc2)ccc1C(=O)OCc1cccc(S(=O)(=O)N2CCOCC2)c1. The lowest BCUT2D eigenvalue weighted by Crippen LogP contribution is -2.40. The van der Waals surface area contributed by atoms with Crippen molar-refractivity contribution in [3.63, 3.8) is 0 Å². The second kappa shape index (κ2) is 9.60. The Morgan fingerprint density at radius 1 is 1.03 bits per heavy atom. The molecule has 0 spiro atoms. The van der Waals surface area contributed by atoms with Crippen LogP contribution in [0.25, 0.3) is 11.3 Å². The highest BCUT2D eigenvalue weighted by molar-refractivity contribution is 7.89. The summed E-state index contributed by atoms with van der Waals surface area (Å²) in [5.41, 5.74) is 3.29. The van der Waals surface area contributed by atoms with E-state index in [0.717, 1.165) is 11.3 Å². The number of aromatic nitrogens is 1. The Morgan fingerprint density at radius 2 is 1.78 bits per heavy atom. The second-order valence-corrected chi connectivity index (χ2v) is 9.37. The van der Waals surface area contributed by atoms with E-state index in [0.29, 0.717) is 43.1 Å². The first-order valence-corrected chi connectivity index (χ1v) is 11.8. The summed E-state index contributed by atoms with van der Waals surface area (Å²) in [5.74, 6) is -0.504. The number of aryl methyl sites for hydroxylation is 1. The molecule has 1 saturated heterocycles. The number of hydrogen-bond acceptors (Lipinski definition) is 6. The van der Waals surface area contributed by atoms with Crippen LogP contribution in [0, 0.1) is 6.92 Å². The fourth-order valence-electron chi connectivity index (χ4n) is 3.50. The lowest BCUT2D eigenvalue weighted by Gasteiger charge is -2.26. The van der Waals surface area contributed by atoms with E-state index in [4.69, 9.17) is 9.47 Å². The number of carbonyl (C=O) groups is 1. The molecule has 1 aromatic heterocycles. The highest BCUT2D eigenvalue weighted by Crippen LogP contribution is 2.21. The molecule has 1 aliphatic rings. The molecule has 0 bridgehead atoms. The Labute approximate surface area is 187 Å². The van der Waals surface area contributed by atoms with Gasteiger partial charge < -0.3 is 9.47 Å². The van der Waals surface area contributed by atoms with E-state index in [2.05, 4.69) is 4.98 Å². The fourth-order valence-corrected chi connectivity index (χ4v) is 4.98. The Balaban J connectivity index is 1.45. The van der Waals surface area contributed by atoms with Gasteiger partial charge in [-0.25, -0.2) is 13.2 Å². The van der Waals surface area contributed by atoms with Crippen LogP contribution in [0.5, 0.6) is 0 Å². The first-order valence-electron chi connectivity index (χ1n) is 10.3. The van der Waals surface area contributed by atoms with E-state index in [-0.39, 0.29) is 11.5 Å². The summed E-state index contributed by atoms with van der Waals surface area (Å²) in [5, 5.41) is 0. The number of esters is 1. The summed E-state index contributed by atoms with van der Waals surface area (Å²) in [6.07, 6.45) is 0. The fraction of sp³-hybridized carbons (Fsp3) is 0.250. The molecule has 0 atom stereocenters. The first kappa shape index (κ1) is 22.1. The number of pyridine rings is 1. The molecule has 4 rings (SSSR count). The van der Waals surface area contributed by atoms with Crippen LogP contribution in [0.15, 0.2) is 71.6 Å². The third-order valence-electron chi connectivity index (χ3n) is 5.25. The van der Waals surface area contributed by atoms with Crippen LogP contribution in [0.2, 0.25) is 0 Å². The standard InChI is InChI=1S/C24H24N2O5S/c1-18-22(10-11-23(25-18)20-7-3-2-4-8-20)24(27)31-17-19-6-5-9-21(16-19)32(28,29)26-12-14-30-15-13-26/h2-11,16H,12-15,17H2,1H3. The van der Waals surface area contributed by atoms with Crippen LogP contribution in [0.3, 0.4) is 0 Å². The number of hydrogen-bond donors (Lipinski definition) is 0. The smallest absolute Gasteiger partial charge is 0.340 e. The molecule has 32 heavy (non-hydrogen) atoms. The number of nitrogens with zero attached hydrogens (tertiary/aromatic N) is 2. The van der Waals surface area contributed by atoms with Crippen LogP contribution in [0.1, 0.15) is 21.6 Å². The van der Waals surface area contributed by atoms with E-state index in [1.54, 1.807) is 43.3 Å². The molecule has 7 nitrogen and oxygen atoms in total. The third kappa shape index (κ3) is 4.88. The predicted octanol–water partition coefficient (Wildman–Crippen LogP) is 3.43. The Hall–Kier alpha value is -3.07. The molecular formula is C24H24N2O5S. The molecular weight excluding hydrogens is 428 g/mol. The molecule has 2 aromatic carbocycles. The highest BCUT2D eigenvalue weighted by Gasteiger charge is 2.26. The maximum absolute atomic E-state index is 12.8. The van der Waals surface area contributed by atoms with Crippen molar-refractivity contribution in [2.45, 2.75) is 18.4 Å². The quantitative estimate of drug-likeness (QED) is 0.533. The molecule has 0 N–H and O–H groups in total. The minimum Gasteiger partial charge on any atom is -0.457 e. The van der Waals surface area contributed by atoms with Crippen LogP contribution < -0.4 is 0 Å². The van der Waals surface area contributed by atoms with Crippen LogP contribution >= 0.6 is 0 Å². The number of rotatable bonds is 6. The maximum Gasteiger partial charge on any atom is 0.340 e. The molecule has 0 aliphatic carbocycles. The number of carbonyl (C=O) groups excluding carboxylic acids is 1. The van der Waals surface area contributed by atoms with Crippen molar-refractivity contribution in [3.05, 3.63) is 83.6 Å². The zero-order valence-electron chi connectivity index (χ0n) is 17.7. The normalized spacial score (nSPS) is 14.8. The van der Waals surface area contributed by atoms with Crippen molar-refractivity contribution in [3.8, 4) is 11.3 Å². The van der Waals surface area contributed by atoms with E-state index >= 15 is 0 Å². The van der Waals surface area contributed by atoms with E-state index in [1.807, 2.05) is 30.3 Å². The summed E-state index contributed by atoms with van der Waals surface area (Å²) in [6, 6.07) is 19.7. The number of sulfonamides is 1. The number of morpholine rings is 1. The average molecular weight is 453 g/mol. The van der Waals surface area contributed by atoms with Gasteiger partial charge in [0.15, 0.2) is 0 Å². The van der Waals surface area contributed by atoms with Gasteiger partial charge in [0.2, 0.25) is 10.0 Å². The monoisotopic (exact) mass is 452 g/mol. The third-order valence-corrected chi connectivity index (χ3v) is 7.15. The molecule has 0 radical (unpaired) electrons. The lowest BCUT2D eigenvalue weighted by atomic mass is 10.1. The molecule has 3 aromatic rings. The molecule has 8 heteroatoms. The average Bonchev–Trinajstić information content (AvgIpc) is 2.84. The van der Waals surface area contributed by atoms with Gasteiger partial charge in [-0.05, 0) is 36.8 Å². The summed E-state index contributed by atoms with van der Waals surface area (Å²) in [7, 11) is -3.61. The lowest BCUT2D eigenvalue weighted by molar-refractivity contribution is 0.0471. The van der Waals surface area contributed by atoms with Crippen molar-refractivity contribution in [1.29, 1.82) is 0 Å². The van der Waals surface area contributed by atoms with Crippen molar-refractivity contribution in [1.82, 2.24) is 9.29 Å². The van der Waals surface area contributed by atoms with Gasteiger partial charge in [-0.1, -0.05) is 42.5 Å². The molecule has 0 saturated carbocycles. The van der Waals surface area contributed by atoms with Gasteiger partial charge >= 0.3 is 5.97 Å². The van der Waals surface area contributed by atoms with Crippen LogP contribution in [0.4, 0.5) is 0 Å². The van der Waals surface area contributed by atoms with Crippen molar-refractivity contribution in [2.75, 3.05) is 26.3 Å². The molecule has 1 fully saturated rings. The molecule has 166 valence electrons. The largest absolute Gasteiger partial charge is 0.457 e. The van der Waals surface area contributed by atoms with Gasteiger partial charge in [0, 0.05) is 18.7 Å². The van der Waals surface area contributed by atoms with Crippen molar-refractivity contribution in [2.24, 2.45) is 0 Å². The van der Waals surface area contributed by atoms with E-state index < -0.39 is 16.0 Å². The van der Waals surface area contributed by atoms with Crippen molar-refractivity contribution < 1.29 is 22.7 Å². The van der Waals surface area contributed by atoms with Crippen molar-refractivity contribution >= 4 is 16.0 Å². The first-order chi connectivity index (χ1) is 15.4. The van der Waals surface area contributed by atoms with Gasteiger partial charge in [-0.2, -0.15) is 4.31 Å². The van der Waals surface area contributed by atoms with E-state index in [9.17, 15) is 13.2 Å². The predicted molar refractivity (Wildman–Crippen MR) is 120 cm³/mol. The number of benzene rings is 2. The van der Waals surface area contributed by atoms with Crippen LogP contribution in [-0.2, 0) is 26.1 Å². The van der Waals surface area contributed by atoms with Gasteiger partial charge in [-0.15, -0.1) is 0 Å². The number of ether oxygens (including phenoxy) is 2. The summed E-state index contributed by atoms with van der Waals surface area (Å²) in [6.45, 7) is 3.14. The zero-order chi connectivity index (χ0) is 22.6. The minimum absolute atomic E-state index is 0.0365. The molecule has 1 aliphatic heterocycles. The Kier molecular flexibility index (Phi) is 6.64. The second-order valence-electron chi connectivity index (χ2n) is 7.44. The van der Waals surface area contributed by atoms with E-state index in [1.165, 1.54) is 4.31 Å². The molecule has 2 heterocycles. The summed E-state index contributed by atoms with van der Waals surface area (Å²) in [4.78, 5) is 17.3. The van der Waals surface area contributed by atoms with Crippen LogP contribution in [-0.4, -0.2) is 50.0 Å². The summed E-state index contributed by atoms with van der Waals surface area (Å²) >= 11 is 0. The maximum atomic E-state index is 12.8. The Morgan fingerprint density at radius 3 is 2.50 bits per heavy atom. The topological polar surface area (TPSA) is 85.8 Å². The van der Waals surface area contributed by atoms with Gasteiger partial charge in [0.25, 0.3) is 0 Å². The van der Waals surface area contributed by atoms with Gasteiger partial charge in [-0.3, -0.25) is 4.98 Å². The zero-order valence-corrected chi connectivity index (χ0v) is 18.5. The summed E-state index contributed by atoms with van der Waals surface area (Å²) < 4.78 is 37.8. The molecule has 0 amide bonds. The molecule has 0 unspecified atom stereocenters. The highest BCUT2D eigenvalue weighted by atomic mass is 32.2. The Bertz CT molecular complexity index is 1210. The minimum atomic E-state index is -3.61.